The van der Waals surface area contributed by atoms with Gasteiger partial charge in [-0.25, -0.2) is 5.10 Å². The summed E-state index contributed by atoms with van der Waals surface area (Å²) in [4.78, 5) is 4.07. The number of rotatable bonds is 3. The van der Waals surface area contributed by atoms with Gasteiger partial charge in [0.2, 0.25) is 4.77 Å². The maximum atomic E-state index is 6.10. The highest BCUT2D eigenvalue weighted by molar-refractivity contribution is 7.71. The number of hydrogen-bond acceptors (Lipinski definition) is 4. The Bertz CT molecular complexity index is 838. The van der Waals surface area contributed by atoms with Gasteiger partial charge < -0.3 is 0 Å². The lowest BCUT2D eigenvalue weighted by molar-refractivity contribution is 0.871. The lowest BCUT2D eigenvalue weighted by Crippen LogP contribution is -1.95. The minimum atomic E-state index is 0.400. The molecule has 0 atom stereocenters. The van der Waals surface area contributed by atoms with E-state index in [4.69, 9.17) is 23.8 Å². The second-order valence-electron chi connectivity index (χ2n) is 4.17. The first-order valence-corrected chi connectivity index (χ1v) is 6.91. The number of nitrogens with one attached hydrogen (secondary N) is 1. The maximum Gasteiger partial charge on any atom is 0.216 e. The number of benzene rings is 1. The highest BCUT2D eigenvalue weighted by Gasteiger charge is 2.07. The van der Waals surface area contributed by atoms with Gasteiger partial charge in [0, 0.05) is 28.5 Å². The molecule has 104 valence electrons. The molecule has 2 aromatic heterocycles. The van der Waals surface area contributed by atoms with Gasteiger partial charge in [0.05, 0.1) is 6.21 Å². The topological polar surface area (TPSA) is 58.9 Å². The average Bonchev–Trinajstić information content (AvgIpc) is 2.88. The fraction of sp³-hybridized carbons (Fsp3) is 0. The van der Waals surface area contributed by atoms with Gasteiger partial charge in [-0.2, -0.15) is 14.9 Å². The Morgan fingerprint density at radius 3 is 2.86 bits per heavy atom. The molecule has 0 saturated heterocycles. The van der Waals surface area contributed by atoms with Crippen LogP contribution in [-0.2, 0) is 0 Å². The minimum Gasteiger partial charge on any atom is -0.264 e. The third-order valence-electron chi connectivity index (χ3n) is 2.79. The van der Waals surface area contributed by atoms with Crippen LogP contribution in [0.15, 0.2) is 53.9 Å². The van der Waals surface area contributed by atoms with Crippen molar-refractivity contribution < 1.29 is 0 Å². The lowest BCUT2D eigenvalue weighted by Gasteiger charge is -2.00. The van der Waals surface area contributed by atoms with Gasteiger partial charge in [0.15, 0.2) is 5.82 Å². The summed E-state index contributed by atoms with van der Waals surface area (Å²) in [7, 11) is 0. The molecule has 0 bridgehead atoms. The first kappa shape index (κ1) is 13.7. The van der Waals surface area contributed by atoms with E-state index >= 15 is 0 Å². The highest BCUT2D eigenvalue weighted by Crippen LogP contribution is 2.16. The molecule has 0 aliphatic heterocycles. The molecule has 0 spiro atoms. The first-order valence-electron chi connectivity index (χ1n) is 6.12. The SMILES string of the molecule is S=c1[nH]nc(-c2cccnc2)n1N=Cc1ccccc1Cl. The number of halogens is 1. The van der Waals surface area contributed by atoms with Crippen LogP contribution in [0, 0.1) is 4.77 Å². The third kappa shape index (κ3) is 2.91. The van der Waals surface area contributed by atoms with Crippen LogP contribution in [-0.4, -0.2) is 26.1 Å². The van der Waals surface area contributed by atoms with Gasteiger partial charge in [0.25, 0.3) is 0 Å². The molecule has 21 heavy (non-hydrogen) atoms. The van der Waals surface area contributed by atoms with Crippen LogP contribution in [0.5, 0.6) is 0 Å². The number of nitrogens with zero attached hydrogens (tertiary/aromatic N) is 4. The number of pyridine rings is 1. The molecular weight excluding hydrogens is 306 g/mol. The third-order valence-corrected chi connectivity index (χ3v) is 3.40. The molecule has 0 aliphatic rings. The molecule has 0 radical (unpaired) electrons. The standard InChI is InChI=1S/C14H10ClN5S/c15-12-6-2-1-4-10(12)9-17-20-13(18-19-14(20)21)11-5-3-7-16-8-11/h1-9H,(H,19,21). The lowest BCUT2D eigenvalue weighted by atomic mass is 10.2. The van der Waals surface area contributed by atoms with Crippen molar-refractivity contribution in [3.8, 4) is 11.4 Å². The van der Waals surface area contributed by atoms with Crippen molar-refractivity contribution in [3.05, 3.63) is 64.1 Å². The first-order chi connectivity index (χ1) is 10.3. The van der Waals surface area contributed by atoms with Crippen LogP contribution >= 0.6 is 23.8 Å². The Morgan fingerprint density at radius 1 is 1.24 bits per heavy atom. The summed E-state index contributed by atoms with van der Waals surface area (Å²) in [5.74, 6) is 0.594. The predicted octanol–water partition coefficient (Wildman–Crippen LogP) is 3.54. The quantitative estimate of drug-likeness (QED) is 0.594. The monoisotopic (exact) mass is 315 g/mol. The molecule has 7 heteroatoms. The Labute approximate surface area is 130 Å². The van der Waals surface area contributed by atoms with E-state index in [0.717, 1.165) is 11.1 Å². The zero-order valence-corrected chi connectivity index (χ0v) is 12.3. The summed E-state index contributed by atoms with van der Waals surface area (Å²) in [6.45, 7) is 0. The van der Waals surface area contributed by atoms with Gasteiger partial charge in [-0.05, 0) is 30.4 Å². The van der Waals surface area contributed by atoms with Gasteiger partial charge >= 0.3 is 0 Å². The van der Waals surface area contributed by atoms with Crippen LogP contribution in [0.4, 0.5) is 0 Å². The molecular formula is C14H10ClN5S. The second-order valence-corrected chi connectivity index (χ2v) is 4.97. The van der Waals surface area contributed by atoms with Gasteiger partial charge in [-0.15, -0.1) is 0 Å². The van der Waals surface area contributed by atoms with Crippen molar-refractivity contribution in [2.75, 3.05) is 0 Å². The Kier molecular flexibility index (Phi) is 3.89. The minimum absolute atomic E-state index is 0.400. The molecule has 0 saturated carbocycles. The van der Waals surface area contributed by atoms with E-state index in [2.05, 4.69) is 20.3 Å². The summed E-state index contributed by atoms with van der Waals surface area (Å²) in [5, 5.41) is 11.9. The normalized spacial score (nSPS) is 11.1. The summed E-state index contributed by atoms with van der Waals surface area (Å²) in [6, 6.07) is 11.2. The number of aromatic amines is 1. The van der Waals surface area contributed by atoms with Crippen molar-refractivity contribution in [2.45, 2.75) is 0 Å². The number of aromatic nitrogens is 4. The van der Waals surface area contributed by atoms with Crippen LogP contribution in [0.25, 0.3) is 11.4 Å². The van der Waals surface area contributed by atoms with Crippen molar-refractivity contribution >= 4 is 30.0 Å². The Balaban J connectivity index is 2.02. The molecule has 3 rings (SSSR count). The molecule has 2 heterocycles. The van der Waals surface area contributed by atoms with E-state index < -0.39 is 0 Å². The molecule has 0 unspecified atom stereocenters. The van der Waals surface area contributed by atoms with Gasteiger partial charge in [0.1, 0.15) is 0 Å². The van der Waals surface area contributed by atoms with E-state index in [9.17, 15) is 0 Å². The van der Waals surface area contributed by atoms with Crippen LogP contribution in [0.2, 0.25) is 5.02 Å². The fourth-order valence-electron chi connectivity index (χ4n) is 1.78. The average molecular weight is 316 g/mol. The van der Waals surface area contributed by atoms with Gasteiger partial charge in [-0.1, -0.05) is 29.8 Å². The molecule has 1 aromatic carbocycles. The highest BCUT2D eigenvalue weighted by atomic mass is 35.5. The number of hydrogen-bond donors (Lipinski definition) is 1. The molecule has 3 aromatic rings. The molecule has 5 nitrogen and oxygen atoms in total. The maximum absolute atomic E-state index is 6.10. The second kappa shape index (κ2) is 5.99. The van der Waals surface area contributed by atoms with Crippen LogP contribution in [0.3, 0.4) is 0 Å². The summed E-state index contributed by atoms with van der Waals surface area (Å²) >= 11 is 11.3. The Hall–Kier alpha value is -2.31. The fourth-order valence-corrected chi connectivity index (χ4v) is 2.14. The van der Waals surface area contributed by atoms with Crippen LogP contribution < -0.4 is 0 Å². The molecule has 1 N–H and O–H groups in total. The van der Waals surface area contributed by atoms with E-state index in [1.54, 1.807) is 24.7 Å². The van der Waals surface area contributed by atoms with Crippen molar-refractivity contribution in [2.24, 2.45) is 5.10 Å². The Morgan fingerprint density at radius 2 is 2.10 bits per heavy atom. The van der Waals surface area contributed by atoms with E-state index in [-0.39, 0.29) is 0 Å². The molecule has 0 amide bonds. The van der Waals surface area contributed by atoms with E-state index in [1.165, 1.54) is 4.68 Å². The molecule has 0 fully saturated rings. The molecule has 0 aliphatic carbocycles. The van der Waals surface area contributed by atoms with E-state index in [0.29, 0.717) is 15.6 Å². The predicted molar refractivity (Wildman–Crippen MR) is 85.1 cm³/mol. The van der Waals surface area contributed by atoms with Crippen molar-refractivity contribution in [1.29, 1.82) is 0 Å². The van der Waals surface area contributed by atoms with Crippen molar-refractivity contribution in [1.82, 2.24) is 19.9 Å². The van der Waals surface area contributed by atoms with Crippen LogP contribution in [0.1, 0.15) is 5.56 Å². The summed E-state index contributed by atoms with van der Waals surface area (Å²) < 4.78 is 1.94. The number of H-pyrrole nitrogens is 1. The zero-order chi connectivity index (χ0) is 14.7. The van der Waals surface area contributed by atoms with E-state index in [1.807, 2.05) is 30.3 Å². The summed E-state index contributed by atoms with van der Waals surface area (Å²) in [5.41, 5.74) is 1.63. The summed E-state index contributed by atoms with van der Waals surface area (Å²) in [6.07, 6.45) is 5.04. The van der Waals surface area contributed by atoms with Gasteiger partial charge in [-0.3, -0.25) is 4.98 Å². The smallest absolute Gasteiger partial charge is 0.216 e. The van der Waals surface area contributed by atoms with Crippen molar-refractivity contribution in [3.63, 3.8) is 0 Å². The zero-order valence-electron chi connectivity index (χ0n) is 10.8. The largest absolute Gasteiger partial charge is 0.264 e.